The Morgan fingerprint density at radius 2 is 1.77 bits per heavy atom. The first-order valence-corrected chi connectivity index (χ1v) is 13.1. The highest BCUT2D eigenvalue weighted by atomic mass is 28.3. The highest BCUT2D eigenvalue weighted by Crippen LogP contribution is 2.41. The predicted octanol–water partition coefficient (Wildman–Crippen LogP) is 6.02. The molecule has 31 heavy (non-hydrogen) atoms. The number of fused-ring (bicyclic) bond motifs is 1. The molecular formula is C20H22F5N3O2Si. The Bertz CT molecular complexity index is 1070. The molecule has 0 bridgehead atoms. The zero-order valence-corrected chi connectivity index (χ0v) is 18.2. The summed E-state index contributed by atoms with van der Waals surface area (Å²) in [5.74, 6) is -3.51. The van der Waals surface area contributed by atoms with Gasteiger partial charge in [0.1, 0.15) is 18.1 Å². The Morgan fingerprint density at radius 1 is 1.13 bits per heavy atom. The first-order chi connectivity index (χ1) is 14.4. The number of aromatic nitrogens is 2. The van der Waals surface area contributed by atoms with Crippen LogP contribution in [0.2, 0.25) is 25.7 Å². The third-order valence-electron chi connectivity index (χ3n) is 4.48. The van der Waals surface area contributed by atoms with E-state index in [0.717, 1.165) is 30.4 Å². The van der Waals surface area contributed by atoms with Gasteiger partial charge in [-0.3, -0.25) is 0 Å². The Balaban J connectivity index is 2.01. The number of hydrogen-bond acceptors (Lipinski definition) is 4. The normalized spacial score (nSPS) is 12.5. The van der Waals surface area contributed by atoms with Crippen LogP contribution in [0.4, 0.5) is 27.6 Å². The average molecular weight is 459 g/mol. The van der Waals surface area contributed by atoms with E-state index in [9.17, 15) is 22.0 Å². The predicted molar refractivity (Wildman–Crippen MR) is 110 cm³/mol. The van der Waals surface area contributed by atoms with Gasteiger partial charge in [0, 0.05) is 44.9 Å². The van der Waals surface area contributed by atoms with E-state index in [1.54, 1.807) is 0 Å². The van der Waals surface area contributed by atoms with Crippen LogP contribution >= 0.6 is 0 Å². The van der Waals surface area contributed by atoms with Crippen molar-refractivity contribution in [1.82, 2.24) is 9.55 Å². The summed E-state index contributed by atoms with van der Waals surface area (Å²) in [5, 5.41) is -0.417. The highest BCUT2D eigenvalue weighted by molar-refractivity contribution is 6.76. The van der Waals surface area contributed by atoms with Crippen LogP contribution in [0.25, 0.3) is 11.0 Å². The summed E-state index contributed by atoms with van der Waals surface area (Å²) < 4.78 is 81.4. The van der Waals surface area contributed by atoms with Gasteiger partial charge in [-0.1, -0.05) is 19.6 Å². The molecule has 0 atom stereocenters. The van der Waals surface area contributed by atoms with E-state index in [1.165, 1.54) is 10.8 Å². The number of anilines is 1. The third kappa shape index (κ3) is 5.34. The van der Waals surface area contributed by atoms with Gasteiger partial charge < -0.3 is 19.8 Å². The van der Waals surface area contributed by atoms with Crippen molar-refractivity contribution >= 4 is 24.8 Å². The van der Waals surface area contributed by atoms with Crippen molar-refractivity contribution in [2.45, 2.75) is 38.6 Å². The van der Waals surface area contributed by atoms with Gasteiger partial charge in [0.15, 0.2) is 17.4 Å². The molecule has 1 aromatic carbocycles. The second-order valence-corrected chi connectivity index (χ2v) is 13.9. The standard InChI is InChI=1S/C20H22F5N3O2Si/c1-31(2,3)7-6-29-11-28-10-13(20(23,24)25)17-16(4-5-27-19(17)28)30-18-14(21)8-12(26)9-15(18)22/h4-5,8-10H,6-7,11,26H2,1-3H3. The summed E-state index contributed by atoms with van der Waals surface area (Å²) in [4.78, 5) is 4.01. The lowest BCUT2D eigenvalue weighted by Gasteiger charge is -2.15. The summed E-state index contributed by atoms with van der Waals surface area (Å²) in [6.07, 6.45) is -2.70. The number of nitrogens with zero attached hydrogens (tertiary/aromatic N) is 2. The Hall–Kier alpha value is -2.66. The van der Waals surface area contributed by atoms with E-state index in [-0.39, 0.29) is 23.8 Å². The molecule has 0 saturated heterocycles. The topological polar surface area (TPSA) is 62.3 Å². The molecule has 0 radical (unpaired) electrons. The number of alkyl halides is 3. The molecule has 0 spiro atoms. The molecular weight excluding hydrogens is 437 g/mol. The van der Waals surface area contributed by atoms with Crippen LogP contribution in [0.3, 0.4) is 0 Å². The van der Waals surface area contributed by atoms with Crippen LogP contribution < -0.4 is 10.5 Å². The number of nitrogens with two attached hydrogens (primary N) is 1. The molecule has 3 rings (SSSR count). The number of hydrogen-bond donors (Lipinski definition) is 1. The van der Waals surface area contributed by atoms with E-state index >= 15 is 0 Å². The van der Waals surface area contributed by atoms with Gasteiger partial charge >= 0.3 is 6.18 Å². The highest BCUT2D eigenvalue weighted by Gasteiger charge is 2.37. The van der Waals surface area contributed by atoms with Crippen LogP contribution in [0.15, 0.2) is 30.6 Å². The van der Waals surface area contributed by atoms with Crippen molar-refractivity contribution in [1.29, 1.82) is 0 Å². The molecule has 11 heteroatoms. The Morgan fingerprint density at radius 3 is 2.35 bits per heavy atom. The monoisotopic (exact) mass is 459 g/mol. The largest absolute Gasteiger partial charge is 0.450 e. The minimum absolute atomic E-state index is 0.0749. The summed E-state index contributed by atoms with van der Waals surface area (Å²) in [6, 6.07) is 3.59. The number of halogens is 5. The number of benzene rings is 1. The molecule has 0 aliphatic rings. The molecule has 0 aliphatic heterocycles. The Labute approximate surface area is 176 Å². The summed E-state index contributed by atoms with van der Waals surface area (Å²) in [5.41, 5.74) is 4.07. The summed E-state index contributed by atoms with van der Waals surface area (Å²) in [6.45, 7) is 6.71. The van der Waals surface area contributed by atoms with E-state index in [2.05, 4.69) is 24.6 Å². The fourth-order valence-corrected chi connectivity index (χ4v) is 3.67. The maximum absolute atomic E-state index is 14.1. The van der Waals surface area contributed by atoms with Crippen molar-refractivity contribution in [2.75, 3.05) is 12.3 Å². The molecule has 0 unspecified atom stereocenters. The minimum Gasteiger partial charge on any atom is -0.450 e. The van der Waals surface area contributed by atoms with E-state index in [4.69, 9.17) is 15.2 Å². The van der Waals surface area contributed by atoms with Gasteiger partial charge in [0.05, 0.1) is 10.9 Å². The molecule has 168 valence electrons. The maximum Gasteiger partial charge on any atom is 0.418 e. The van der Waals surface area contributed by atoms with Crippen LogP contribution in [-0.2, 0) is 17.6 Å². The molecule has 3 aromatic rings. The lowest BCUT2D eigenvalue weighted by molar-refractivity contribution is -0.136. The quantitative estimate of drug-likeness (QED) is 0.203. The van der Waals surface area contributed by atoms with Crippen molar-refractivity contribution in [3.8, 4) is 11.5 Å². The van der Waals surface area contributed by atoms with Gasteiger partial charge in [-0.15, -0.1) is 0 Å². The van der Waals surface area contributed by atoms with Gasteiger partial charge in [-0.2, -0.15) is 13.2 Å². The molecule has 0 saturated carbocycles. The van der Waals surface area contributed by atoms with Crippen molar-refractivity contribution in [3.63, 3.8) is 0 Å². The number of ether oxygens (including phenoxy) is 2. The first kappa shape index (κ1) is 23.0. The van der Waals surface area contributed by atoms with E-state index < -0.39 is 42.6 Å². The lowest BCUT2D eigenvalue weighted by atomic mass is 10.2. The fourth-order valence-electron chi connectivity index (χ4n) is 2.91. The second-order valence-electron chi connectivity index (χ2n) is 8.28. The number of pyridine rings is 1. The van der Waals surface area contributed by atoms with Crippen LogP contribution in [0.1, 0.15) is 5.56 Å². The van der Waals surface area contributed by atoms with Crippen molar-refractivity contribution in [3.05, 3.63) is 47.8 Å². The number of rotatable bonds is 7. The second kappa shape index (κ2) is 8.46. The minimum atomic E-state index is -4.75. The van der Waals surface area contributed by atoms with Gasteiger partial charge in [-0.25, -0.2) is 13.8 Å². The van der Waals surface area contributed by atoms with Crippen LogP contribution in [-0.4, -0.2) is 24.2 Å². The molecule has 0 amide bonds. The van der Waals surface area contributed by atoms with Gasteiger partial charge in [0.25, 0.3) is 0 Å². The van der Waals surface area contributed by atoms with Crippen molar-refractivity contribution < 1.29 is 31.4 Å². The maximum atomic E-state index is 14.1. The van der Waals surface area contributed by atoms with E-state index in [0.29, 0.717) is 6.61 Å². The molecule has 0 aliphatic carbocycles. The van der Waals surface area contributed by atoms with Crippen LogP contribution in [0.5, 0.6) is 11.5 Å². The molecule has 0 fully saturated rings. The molecule has 2 N–H and O–H groups in total. The van der Waals surface area contributed by atoms with E-state index in [1.807, 2.05) is 0 Å². The van der Waals surface area contributed by atoms with Crippen molar-refractivity contribution in [2.24, 2.45) is 0 Å². The fraction of sp³-hybridized carbons (Fsp3) is 0.350. The zero-order valence-electron chi connectivity index (χ0n) is 17.2. The SMILES string of the molecule is C[Si](C)(C)CCOCn1cc(C(F)(F)F)c2c(Oc3c(F)cc(N)cc3F)ccnc21. The molecule has 5 nitrogen and oxygen atoms in total. The molecule has 2 heterocycles. The molecule has 2 aromatic heterocycles. The summed E-state index contributed by atoms with van der Waals surface area (Å²) >= 11 is 0. The van der Waals surface area contributed by atoms with Gasteiger partial charge in [-0.05, 0) is 12.1 Å². The van der Waals surface area contributed by atoms with Crippen LogP contribution in [0, 0.1) is 11.6 Å². The first-order valence-electron chi connectivity index (χ1n) is 9.42. The zero-order chi connectivity index (χ0) is 23.0. The third-order valence-corrected chi connectivity index (χ3v) is 6.19. The lowest BCUT2D eigenvalue weighted by Crippen LogP contribution is -2.22. The number of nitrogen functional groups attached to an aromatic ring is 1. The Kier molecular flexibility index (Phi) is 6.28. The smallest absolute Gasteiger partial charge is 0.418 e. The summed E-state index contributed by atoms with van der Waals surface area (Å²) in [7, 11) is -1.37. The van der Waals surface area contributed by atoms with Gasteiger partial charge in [0.2, 0.25) is 0 Å². The average Bonchev–Trinajstić information content (AvgIpc) is 3.01.